The van der Waals surface area contributed by atoms with Crippen LogP contribution in [-0.4, -0.2) is 31.6 Å². The maximum Gasteiger partial charge on any atom is 0.246 e. The number of para-hydroxylation sites is 1. The maximum atomic E-state index is 12.5. The zero-order valence-corrected chi connectivity index (χ0v) is 14.9. The molecular formula is C21H23NO3. The first kappa shape index (κ1) is 17.1. The fourth-order valence-corrected chi connectivity index (χ4v) is 3.01. The summed E-state index contributed by atoms with van der Waals surface area (Å²) in [6, 6.07) is 13.7. The van der Waals surface area contributed by atoms with Gasteiger partial charge in [0.1, 0.15) is 11.5 Å². The minimum absolute atomic E-state index is 0.0462. The van der Waals surface area contributed by atoms with Gasteiger partial charge in [-0.05, 0) is 42.3 Å². The smallest absolute Gasteiger partial charge is 0.246 e. The van der Waals surface area contributed by atoms with Crippen LogP contribution >= 0.6 is 0 Å². The van der Waals surface area contributed by atoms with Crippen LogP contribution in [0.3, 0.4) is 0 Å². The average molecular weight is 337 g/mol. The second kappa shape index (κ2) is 7.43. The molecule has 0 saturated heterocycles. The zero-order valence-electron chi connectivity index (χ0n) is 14.9. The predicted octanol–water partition coefficient (Wildman–Crippen LogP) is 3.86. The van der Waals surface area contributed by atoms with Crippen LogP contribution in [0.15, 0.2) is 48.5 Å². The largest absolute Gasteiger partial charge is 0.496 e. The van der Waals surface area contributed by atoms with Crippen LogP contribution in [0, 0.1) is 0 Å². The molecule has 0 aromatic heterocycles. The number of ether oxygens (including phenoxy) is 2. The first-order valence-electron chi connectivity index (χ1n) is 8.43. The summed E-state index contributed by atoms with van der Waals surface area (Å²) in [5, 5.41) is 0. The highest BCUT2D eigenvalue weighted by Gasteiger charge is 2.18. The number of carbonyl (C=O) groups excluding carboxylic acids is 1. The molecule has 0 fully saturated rings. The number of methoxy groups -OCH3 is 1. The lowest BCUT2D eigenvalue weighted by molar-refractivity contribution is -0.126. The SMILES string of the molecule is COc1ccccc1C(C)N(C)C(=O)/C=C/c1ccc2c(c1)CCO2. The Balaban J connectivity index is 1.71. The zero-order chi connectivity index (χ0) is 17.8. The number of rotatable bonds is 5. The van der Waals surface area contributed by atoms with Crippen molar-refractivity contribution < 1.29 is 14.3 Å². The molecule has 1 unspecified atom stereocenters. The standard InChI is InChI=1S/C21H23NO3/c1-15(18-6-4-5-7-20(18)24-3)22(2)21(23)11-9-16-8-10-19-17(14-16)12-13-25-19/h4-11,14-15H,12-13H2,1-3H3/b11-9+. The van der Waals surface area contributed by atoms with Crippen molar-refractivity contribution in [2.24, 2.45) is 0 Å². The Bertz CT molecular complexity index is 797. The lowest BCUT2D eigenvalue weighted by atomic mass is 10.1. The van der Waals surface area contributed by atoms with Gasteiger partial charge in [0, 0.05) is 25.1 Å². The summed E-state index contributed by atoms with van der Waals surface area (Å²) in [6.45, 7) is 2.73. The molecule has 2 aromatic rings. The Hall–Kier alpha value is -2.75. The van der Waals surface area contributed by atoms with Gasteiger partial charge in [-0.2, -0.15) is 0 Å². The van der Waals surface area contributed by atoms with Crippen molar-refractivity contribution >= 4 is 12.0 Å². The van der Waals surface area contributed by atoms with Crippen molar-refractivity contribution in [3.05, 3.63) is 65.2 Å². The highest BCUT2D eigenvalue weighted by atomic mass is 16.5. The van der Waals surface area contributed by atoms with Crippen molar-refractivity contribution in [2.75, 3.05) is 20.8 Å². The number of hydrogen-bond acceptors (Lipinski definition) is 3. The summed E-state index contributed by atoms with van der Waals surface area (Å²) < 4.78 is 10.9. The van der Waals surface area contributed by atoms with Gasteiger partial charge in [0.25, 0.3) is 0 Å². The molecule has 1 atom stereocenters. The van der Waals surface area contributed by atoms with Gasteiger partial charge in [0.05, 0.1) is 19.8 Å². The van der Waals surface area contributed by atoms with Gasteiger partial charge >= 0.3 is 0 Å². The van der Waals surface area contributed by atoms with Crippen LogP contribution < -0.4 is 9.47 Å². The molecule has 0 radical (unpaired) electrons. The van der Waals surface area contributed by atoms with E-state index >= 15 is 0 Å². The number of fused-ring (bicyclic) bond motifs is 1. The lowest BCUT2D eigenvalue weighted by Gasteiger charge is -2.25. The van der Waals surface area contributed by atoms with Gasteiger partial charge in [0.2, 0.25) is 5.91 Å². The maximum absolute atomic E-state index is 12.5. The van der Waals surface area contributed by atoms with Gasteiger partial charge in [-0.3, -0.25) is 4.79 Å². The van der Waals surface area contributed by atoms with Crippen LogP contribution in [0.1, 0.15) is 29.7 Å². The highest BCUT2D eigenvalue weighted by molar-refractivity contribution is 5.92. The topological polar surface area (TPSA) is 38.8 Å². The Labute approximate surface area is 148 Å². The molecule has 130 valence electrons. The van der Waals surface area contributed by atoms with E-state index < -0.39 is 0 Å². The molecule has 0 N–H and O–H groups in total. The molecule has 1 aliphatic rings. The Morgan fingerprint density at radius 2 is 2.08 bits per heavy atom. The van der Waals surface area contributed by atoms with Gasteiger partial charge in [0.15, 0.2) is 0 Å². The van der Waals surface area contributed by atoms with Crippen molar-refractivity contribution in [2.45, 2.75) is 19.4 Å². The molecule has 1 heterocycles. The first-order chi connectivity index (χ1) is 12.1. The van der Waals surface area contributed by atoms with E-state index in [2.05, 4.69) is 6.07 Å². The van der Waals surface area contributed by atoms with Crippen LogP contribution in [0.4, 0.5) is 0 Å². The lowest BCUT2D eigenvalue weighted by Crippen LogP contribution is -2.28. The summed E-state index contributed by atoms with van der Waals surface area (Å²) >= 11 is 0. The molecule has 0 bridgehead atoms. The van der Waals surface area contributed by atoms with Crippen LogP contribution in [-0.2, 0) is 11.2 Å². The van der Waals surface area contributed by atoms with Crippen LogP contribution in [0.2, 0.25) is 0 Å². The number of hydrogen-bond donors (Lipinski definition) is 0. The minimum Gasteiger partial charge on any atom is -0.496 e. The summed E-state index contributed by atoms with van der Waals surface area (Å²) in [7, 11) is 3.45. The van der Waals surface area contributed by atoms with Crippen LogP contribution in [0.5, 0.6) is 11.5 Å². The monoisotopic (exact) mass is 337 g/mol. The fraction of sp³-hybridized carbons (Fsp3) is 0.286. The molecule has 2 aromatic carbocycles. The van der Waals surface area contributed by atoms with E-state index in [-0.39, 0.29) is 11.9 Å². The van der Waals surface area contributed by atoms with Gasteiger partial charge < -0.3 is 14.4 Å². The van der Waals surface area contributed by atoms with Crippen molar-refractivity contribution in [1.82, 2.24) is 4.90 Å². The summed E-state index contributed by atoms with van der Waals surface area (Å²) in [4.78, 5) is 14.3. The summed E-state index contributed by atoms with van der Waals surface area (Å²) in [6.07, 6.45) is 4.39. The van der Waals surface area contributed by atoms with E-state index in [0.717, 1.165) is 35.7 Å². The second-order valence-electron chi connectivity index (χ2n) is 6.17. The van der Waals surface area contributed by atoms with Gasteiger partial charge in [-0.25, -0.2) is 0 Å². The van der Waals surface area contributed by atoms with Crippen molar-refractivity contribution in [3.63, 3.8) is 0 Å². The van der Waals surface area contributed by atoms with Gasteiger partial charge in [-0.1, -0.05) is 24.3 Å². The Morgan fingerprint density at radius 3 is 2.88 bits per heavy atom. The Morgan fingerprint density at radius 1 is 1.28 bits per heavy atom. The number of carbonyl (C=O) groups is 1. The third-order valence-corrected chi connectivity index (χ3v) is 4.65. The second-order valence-corrected chi connectivity index (χ2v) is 6.17. The normalized spacial score (nSPS) is 14.0. The molecule has 25 heavy (non-hydrogen) atoms. The fourth-order valence-electron chi connectivity index (χ4n) is 3.01. The van der Waals surface area contributed by atoms with E-state index in [4.69, 9.17) is 9.47 Å². The molecule has 1 amide bonds. The van der Waals surface area contributed by atoms with E-state index in [1.165, 1.54) is 5.56 Å². The van der Waals surface area contributed by atoms with Crippen molar-refractivity contribution in [3.8, 4) is 11.5 Å². The molecule has 4 nitrogen and oxygen atoms in total. The van der Waals surface area contributed by atoms with Gasteiger partial charge in [-0.15, -0.1) is 0 Å². The molecule has 0 spiro atoms. The highest BCUT2D eigenvalue weighted by Crippen LogP contribution is 2.29. The predicted molar refractivity (Wildman–Crippen MR) is 98.9 cm³/mol. The van der Waals surface area contributed by atoms with E-state index in [0.29, 0.717) is 0 Å². The first-order valence-corrected chi connectivity index (χ1v) is 8.43. The molecule has 3 rings (SSSR count). The number of benzene rings is 2. The third-order valence-electron chi connectivity index (χ3n) is 4.65. The van der Waals surface area contributed by atoms with E-state index in [1.807, 2.05) is 49.4 Å². The third kappa shape index (κ3) is 3.68. The molecular weight excluding hydrogens is 314 g/mol. The Kier molecular flexibility index (Phi) is 5.08. The molecule has 4 heteroatoms. The van der Waals surface area contributed by atoms with Crippen LogP contribution in [0.25, 0.3) is 6.08 Å². The summed E-state index contributed by atoms with van der Waals surface area (Å²) in [5.41, 5.74) is 3.20. The minimum atomic E-state index is -0.0817. The molecule has 0 saturated carbocycles. The average Bonchev–Trinajstić information content (AvgIpc) is 3.12. The van der Waals surface area contributed by atoms with Crippen molar-refractivity contribution in [1.29, 1.82) is 0 Å². The number of amides is 1. The van der Waals surface area contributed by atoms with E-state index in [1.54, 1.807) is 25.1 Å². The molecule has 0 aliphatic carbocycles. The quantitative estimate of drug-likeness (QED) is 0.778. The number of likely N-dealkylation sites (N-methyl/N-ethyl adjacent to an activating group) is 1. The van der Waals surface area contributed by atoms with E-state index in [9.17, 15) is 4.79 Å². The summed E-state index contributed by atoms with van der Waals surface area (Å²) in [5.74, 6) is 1.69. The number of nitrogens with zero attached hydrogens (tertiary/aromatic N) is 1. The molecule has 1 aliphatic heterocycles.